The SMILES string of the molecule is C=C(C)COc1ccc2c(c1)OC(=Cc1ccc(C(C)C)cc1)C2=O. The lowest BCUT2D eigenvalue weighted by molar-refractivity contribution is 0.101. The third-order valence-electron chi connectivity index (χ3n) is 4.03. The van der Waals surface area contributed by atoms with E-state index in [2.05, 4.69) is 32.6 Å². The summed E-state index contributed by atoms with van der Waals surface area (Å²) < 4.78 is 11.4. The summed E-state index contributed by atoms with van der Waals surface area (Å²) in [4.78, 5) is 12.5. The maximum atomic E-state index is 12.5. The molecule has 1 aliphatic rings. The molecule has 3 heteroatoms. The normalized spacial score (nSPS) is 14.6. The quantitative estimate of drug-likeness (QED) is 0.544. The number of benzene rings is 2. The molecule has 0 saturated carbocycles. The van der Waals surface area contributed by atoms with Crippen molar-refractivity contribution < 1.29 is 14.3 Å². The molecule has 0 amide bonds. The molecule has 1 aliphatic heterocycles. The fourth-order valence-corrected chi connectivity index (χ4v) is 2.59. The summed E-state index contributed by atoms with van der Waals surface area (Å²) >= 11 is 0. The molecule has 0 spiro atoms. The van der Waals surface area contributed by atoms with Crippen LogP contribution in [-0.2, 0) is 0 Å². The Labute approximate surface area is 148 Å². The third kappa shape index (κ3) is 3.82. The van der Waals surface area contributed by atoms with Gasteiger partial charge in [-0.05, 0) is 47.8 Å². The van der Waals surface area contributed by atoms with Crippen LogP contribution in [0.2, 0.25) is 0 Å². The second-order valence-electron chi connectivity index (χ2n) is 6.66. The first-order valence-electron chi connectivity index (χ1n) is 8.39. The highest BCUT2D eigenvalue weighted by Gasteiger charge is 2.27. The number of carbonyl (C=O) groups excluding carboxylic acids is 1. The van der Waals surface area contributed by atoms with E-state index in [9.17, 15) is 4.79 Å². The number of Topliss-reactive ketones (excluding diaryl/α,β-unsaturated/α-hetero) is 1. The Balaban J connectivity index is 1.80. The molecule has 0 saturated heterocycles. The number of hydrogen-bond acceptors (Lipinski definition) is 3. The standard InChI is InChI=1S/C22H22O3/c1-14(2)13-24-18-9-10-19-20(12-18)25-21(22(19)23)11-16-5-7-17(8-6-16)15(3)4/h5-12,15H,1,13H2,2-4H3. The zero-order chi connectivity index (χ0) is 18.0. The second-order valence-corrected chi connectivity index (χ2v) is 6.66. The number of carbonyl (C=O) groups is 1. The summed E-state index contributed by atoms with van der Waals surface area (Å²) in [7, 11) is 0. The van der Waals surface area contributed by atoms with Crippen molar-refractivity contribution >= 4 is 11.9 Å². The summed E-state index contributed by atoms with van der Waals surface area (Å²) in [5, 5.41) is 0. The number of hydrogen-bond donors (Lipinski definition) is 0. The number of ether oxygens (including phenoxy) is 2. The van der Waals surface area contributed by atoms with E-state index >= 15 is 0 Å². The van der Waals surface area contributed by atoms with Crippen molar-refractivity contribution in [2.45, 2.75) is 26.7 Å². The van der Waals surface area contributed by atoms with Crippen LogP contribution in [0.3, 0.4) is 0 Å². The van der Waals surface area contributed by atoms with Gasteiger partial charge in [0.05, 0.1) is 5.56 Å². The fourth-order valence-electron chi connectivity index (χ4n) is 2.59. The third-order valence-corrected chi connectivity index (χ3v) is 4.03. The van der Waals surface area contributed by atoms with E-state index in [-0.39, 0.29) is 5.78 Å². The lowest BCUT2D eigenvalue weighted by Gasteiger charge is -2.06. The van der Waals surface area contributed by atoms with Gasteiger partial charge >= 0.3 is 0 Å². The van der Waals surface area contributed by atoms with Gasteiger partial charge in [-0.1, -0.05) is 44.7 Å². The van der Waals surface area contributed by atoms with Crippen molar-refractivity contribution in [3.05, 3.63) is 77.1 Å². The van der Waals surface area contributed by atoms with Crippen LogP contribution in [0.25, 0.3) is 6.08 Å². The van der Waals surface area contributed by atoms with E-state index in [0.717, 1.165) is 11.1 Å². The van der Waals surface area contributed by atoms with Crippen molar-refractivity contribution in [3.8, 4) is 11.5 Å². The van der Waals surface area contributed by atoms with Gasteiger partial charge < -0.3 is 9.47 Å². The topological polar surface area (TPSA) is 35.5 Å². The maximum Gasteiger partial charge on any atom is 0.231 e. The molecule has 3 rings (SSSR count). The van der Waals surface area contributed by atoms with Crippen molar-refractivity contribution in [2.24, 2.45) is 0 Å². The molecule has 0 radical (unpaired) electrons. The minimum absolute atomic E-state index is 0.102. The Morgan fingerprint density at radius 1 is 1.20 bits per heavy atom. The van der Waals surface area contributed by atoms with Crippen molar-refractivity contribution in [3.63, 3.8) is 0 Å². The van der Waals surface area contributed by atoms with Gasteiger partial charge in [0.25, 0.3) is 0 Å². The van der Waals surface area contributed by atoms with Crippen LogP contribution in [0.4, 0.5) is 0 Å². The minimum Gasteiger partial charge on any atom is -0.489 e. The van der Waals surface area contributed by atoms with Crippen molar-refractivity contribution in [1.82, 2.24) is 0 Å². The molecule has 3 nitrogen and oxygen atoms in total. The first-order chi connectivity index (χ1) is 11.9. The second kappa shape index (κ2) is 6.98. The summed E-state index contributed by atoms with van der Waals surface area (Å²) in [6, 6.07) is 13.4. The van der Waals surface area contributed by atoms with Gasteiger partial charge in [-0.3, -0.25) is 4.79 Å². The van der Waals surface area contributed by atoms with Crippen LogP contribution in [0.1, 0.15) is 48.2 Å². The number of rotatable bonds is 5. The molecule has 0 atom stereocenters. The predicted molar refractivity (Wildman–Crippen MR) is 100 cm³/mol. The van der Waals surface area contributed by atoms with Crippen LogP contribution in [0.15, 0.2) is 60.4 Å². The van der Waals surface area contributed by atoms with Gasteiger partial charge in [0.2, 0.25) is 5.78 Å². The molecule has 0 bridgehead atoms. The summed E-state index contributed by atoms with van der Waals surface area (Å²) in [5.41, 5.74) is 3.71. The molecule has 128 valence electrons. The Morgan fingerprint density at radius 3 is 2.56 bits per heavy atom. The Kier molecular flexibility index (Phi) is 4.75. The van der Waals surface area contributed by atoms with Gasteiger partial charge in [0.15, 0.2) is 5.76 Å². The molecule has 0 unspecified atom stereocenters. The van der Waals surface area contributed by atoms with Gasteiger partial charge in [-0.2, -0.15) is 0 Å². The molecular formula is C22H22O3. The maximum absolute atomic E-state index is 12.5. The zero-order valence-corrected chi connectivity index (χ0v) is 14.8. The molecule has 25 heavy (non-hydrogen) atoms. The van der Waals surface area contributed by atoms with Crippen molar-refractivity contribution in [2.75, 3.05) is 6.61 Å². The van der Waals surface area contributed by atoms with Gasteiger partial charge in [-0.25, -0.2) is 0 Å². The smallest absolute Gasteiger partial charge is 0.231 e. The van der Waals surface area contributed by atoms with E-state index in [1.54, 1.807) is 24.3 Å². The van der Waals surface area contributed by atoms with Gasteiger partial charge in [0, 0.05) is 6.07 Å². The van der Waals surface area contributed by atoms with Crippen LogP contribution in [0, 0.1) is 0 Å². The number of allylic oxidation sites excluding steroid dienone is 1. The molecular weight excluding hydrogens is 312 g/mol. The first kappa shape index (κ1) is 17.0. The molecule has 0 fully saturated rings. The highest BCUT2D eigenvalue weighted by atomic mass is 16.5. The van der Waals surface area contributed by atoms with E-state index in [1.165, 1.54) is 5.56 Å². The Hall–Kier alpha value is -2.81. The summed E-state index contributed by atoms with van der Waals surface area (Å²) in [5.74, 6) is 1.91. The Bertz CT molecular complexity index is 842. The molecule has 2 aromatic rings. The lowest BCUT2D eigenvalue weighted by atomic mass is 10.0. The summed E-state index contributed by atoms with van der Waals surface area (Å²) in [6.07, 6.45) is 1.78. The van der Waals surface area contributed by atoms with Crippen LogP contribution >= 0.6 is 0 Å². The first-order valence-corrected chi connectivity index (χ1v) is 8.39. The number of ketones is 1. The fraction of sp³-hybridized carbons (Fsp3) is 0.227. The lowest BCUT2D eigenvalue weighted by Crippen LogP contribution is -1.98. The highest BCUT2D eigenvalue weighted by molar-refractivity contribution is 6.14. The minimum atomic E-state index is -0.102. The highest BCUT2D eigenvalue weighted by Crippen LogP contribution is 2.35. The van der Waals surface area contributed by atoms with Gasteiger partial charge in [-0.15, -0.1) is 0 Å². The largest absolute Gasteiger partial charge is 0.489 e. The molecule has 0 N–H and O–H groups in total. The van der Waals surface area contributed by atoms with E-state index in [4.69, 9.17) is 9.47 Å². The number of fused-ring (bicyclic) bond motifs is 1. The molecule has 0 aromatic heterocycles. The molecule has 2 aromatic carbocycles. The van der Waals surface area contributed by atoms with E-state index in [0.29, 0.717) is 35.3 Å². The summed E-state index contributed by atoms with van der Waals surface area (Å²) in [6.45, 7) is 10.5. The zero-order valence-electron chi connectivity index (χ0n) is 14.8. The van der Waals surface area contributed by atoms with Gasteiger partial charge in [0.1, 0.15) is 18.1 Å². The van der Waals surface area contributed by atoms with Crippen LogP contribution in [-0.4, -0.2) is 12.4 Å². The predicted octanol–water partition coefficient (Wildman–Crippen LogP) is 5.38. The molecule has 0 aliphatic carbocycles. The molecule has 1 heterocycles. The van der Waals surface area contributed by atoms with Crippen LogP contribution < -0.4 is 9.47 Å². The van der Waals surface area contributed by atoms with E-state index in [1.807, 2.05) is 19.1 Å². The monoisotopic (exact) mass is 334 g/mol. The Morgan fingerprint density at radius 2 is 1.92 bits per heavy atom. The average Bonchev–Trinajstić information content (AvgIpc) is 2.89. The van der Waals surface area contributed by atoms with Crippen LogP contribution in [0.5, 0.6) is 11.5 Å². The average molecular weight is 334 g/mol. The van der Waals surface area contributed by atoms with Crippen molar-refractivity contribution in [1.29, 1.82) is 0 Å². The van der Waals surface area contributed by atoms with E-state index < -0.39 is 0 Å².